The second-order valence-corrected chi connectivity index (χ2v) is 6.83. The molecule has 0 aromatic rings. The van der Waals surface area contributed by atoms with Crippen molar-refractivity contribution >= 4 is 41.8 Å². The van der Waals surface area contributed by atoms with E-state index in [1.807, 2.05) is 11.8 Å². The van der Waals surface area contributed by atoms with Crippen molar-refractivity contribution in [1.82, 2.24) is 5.32 Å². The highest BCUT2D eigenvalue weighted by molar-refractivity contribution is 8.07. The van der Waals surface area contributed by atoms with Crippen LogP contribution in [0.5, 0.6) is 0 Å². The molecule has 2 rings (SSSR count). The minimum Gasteiger partial charge on any atom is -0.353 e. The van der Waals surface area contributed by atoms with Gasteiger partial charge in [-0.05, 0) is 19.3 Å². The fourth-order valence-corrected chi connectivity index (χ4v) is 4.41. The number of hydrogen-bond donors (Lipinski definition) is 2. The van der Waals surface area contributed by atoms with E-state index in [1.165, 1.54) is 12.2 Å². The zero-order valence-corrected chi connectivity index (χ0v) is 11.7. The number of thioether (sulfide) groups is 2. The highest BCUT2D eigenvalue weighted by Crippen LogP contribution is 2.28. The Labute approximate surface area is 111 Å². The van der Waals surface area contributed by atoms with Gasteiger partial charge in [0, 0.05) is 29.3 Å². The van der Waals surface area contributed by atoms with Crippen molar-refractivity contribution in [2.75, 3.05) is 23.8 Å². The third kappa shape index (κ3) is 3.72. The van der Waals surface area contributed by atoms with E-state index < -0.39 is 0 Å². The Balaban J connectivity index is 0.00000128. The Bertz CT molecular complexity index is 243. The van der Waals surface area contributed by atoms with Crippen LogP contribution in [0.2, 0.25) is 0 Å². The average Bonchev–Trinajstić information content (AvgIpc) is 2.24. The van der Waals surface area contributed by atoms with Crippen LogP contribution in [0.25, 0.3) is 0 Å². The standard InChI is InChI=1S/C10H18N2OS2.ClH/c11-10(2-1-3-10)7-12-9(13)8-6-14-4-5-15-8;/h8H,1-7,11H2,(H,12,13);1H. The molecule has 1 aliphatic heterocycles. The van der Waals surface area contributed by atoms with Crippen LogP contribution in [0.15, 0.2) is 0 Å². The van der Waals surface area contributed by atoms with Gasteiger partial charge in [-0.2, -0.15) is 11.8 Å². The molecule has 6 heteroatoms. The zero-order valence-electron chi connectivity index (χ0n) is 9.24. The number of rotatable bonds is 3. The van der Waals surface area contributed by atoms with Crippen LogP contribution in [-0.2, 0) is 4.79 Å². The molecule has 1 heterocycles. The molecule has 1 unspecified atom stereocenters. The molecule has 1 saturated carbocycles. The number of carbonyl (C=O) groups is 1. The monoisotopic (exact) mass is 282 g/mol. The van der Waals surface area contributed by atoms with Crippen LogP contribution >= 0.6 is 35.9 Å². The van der Waals surface area contributed by atoms with Crippen molar-refractivity contribution in [3.63, 3.8) is 0 Å². The summed E-state index contributed by atoms with van der Waals surface area (Å²) in [5.41, 5.74) is 5.96. The molecule has 16 heavy (non-hydrogen) atoms. The van der Waals surface area contributed by atoms with E-state index in [0.29, 0.717) is 6.54 Å². The van der Waals surface area contributed by atoms with Crippen LogP contribution in [0.3, 0.4) is 0 Å². The number of halogens is 1. The summed E-state index contributed by atoms with van der Waals surface area (Å²) in [6, 6.07) is 0. The molecule has 3 N–H and O–H groups in total. The fourth-order valence-electron chi connectivity index (χ4n) is 1.82. The third-order valence-electron chi connectivity index (χ3n) is 3.07. The van der Waals surface area contributed by atoms with Gasteiger partial charge in [-0.1, -0.05) is 0 Å². The third-order valence-corrected chi connectivity index (χ3v) is 5.83. The molecule has 1 aliphatic carbocycles. The molecular weight excluding hydrogens is 264 g/mol. The molecule has 0 aromatic heterocycles. The summed E-state index contributed by atoms with van der Waals surface area (Å²) in [6.07, 6.45) is 3.32. The first-order chi connectivity index (χ1) is 7.20. The molecule has 3 nitrogen and oxygen atoms in total. The second kappa shape index (κ2) is 6.38. The number of carbonyl (C=O) groups excluding carboxylic acids is 1. The predicted octanol–water partition coefficient (Wildman–Crippen LogP) is 1.25. The summed E-state index contributed by atoms with van der Waals surface area (Å²) in [5, 5.41) is 3.14. The maximum atomic E-state index is 11.8. The summed E-state index contributed by atoms with van der Waals surface area (Å²) < 4.78 is 0. The molecule has 0 aromatic carbocycles. The van der Waals surface area contributed by atoms with Gasteiger partial charge in [0.2, 0.25) is 5.91 Å². The van der Waals surface area contributed by atoms with Crippen molar-refractivity contribution < 1.29 is 4.79 Å². The van der Waals surface area contributed by atoms with Crippen molar-refractivity contribution in [3.8, 4) is 0 Å². The molecule has 1 amide bonds. The smallest absolute Gasteiger partial charge is 0.234 e. The van der Waals surface area contributed by atoms with E-state index in [2.05, 4.69) is 5.32 Å². The maximum absolute atomic E-state index is 11.8. The van der Waals surface area contributed by atoms with Crippen LogP contribution < -0.4 is 11.1 Å². The van der Waals surface area contributed by atoms with Crippen LogP contribution in [0.4, 0.5) is 0 Å². The van der Waals surface area contributed by atoms with Gasteiger partial charge >= 0.3 is 0 Å². The SMILES string of the molecule is Cl.NC1(CNC(=O)C2CSCCS2)CCC1. The minimum atomic E-state index is -0.0951. The van der Waals surface area contributed by atoms with E-state index in [9.17, 15) is 4.79 Å². The zero-order chi connectivity index (χ0) is 10.7. The molecular formula is C10H19ClN2OS2. The molecule has 1 saturated heterocycles. The fraction of sp³-hybridized carbons (Fsp3) is 0.900. The lowest BCUT2D eigenvalue weighted by molar-refractivity contribution is -0.120. The van der Waals surface area contributed by atoms with Crippen molar-refractivity contribution in [2.24, 2.45) is 5.73 Å². The lowest BCUT2D eigenvalue weighted by Crippen LogP contribution is -2.56. The molecule has 2 fully saturated rings. The van der Waals surface area contributed by atoms with E-state index in [-0.39, 0.29) is 29.1 Å². The second-order valence-electron chi connectivity index (χ2n) is 4.37. The van der Waals surface area contributed by atoms with Gasteiger partial charge in [-0.15, -0.1) is 24.2 Å². The van der Waals surface area contributed by atoms with Gasteiger partial charge in [0.25, 0.3) is 0 Å². The quantitative estimate of drug-likeness (QED) is 0.818. The Morgan fingerprint density at radius 1 is 1.44 bits per heavy atom. The van der Waals surface area contributed by atoms with Crippen molar-refractivity contribution in [3.05, 3.63) is 0 Å². The summed E-state index contributed by atoms with van der Waals surface area (Å²) in [5.74, 6) is 3.41. The summed E-state index contributed by atoms with van der Waals surface area (Å²) in [7, 11) is 0. The average molecular weight is 283 g/mol. The van der Waals surface area contributed by atoms with Gasteiger partial charge in [0.05, 0.1) is 5.25 Å². The minimum absolute atomic E-state index is 0. The lowest BCUT2D eigenvalue weighted by Gasteiger charge is -2.38. The number of nitrogens with one attached hydrogen (secondary N) is 1. The maximum Gasteiger partial charge on any atom is 0.234 e. The highest BCUT2D eigenvalue weighted by Gasteiger charge is 2.33. The van der Waals surface area contributed by atoms with E-state index in [0.717, 1.165) is 24.3 Å². The molecule has 0 spiro atoms. The summed E-state index contributed by atoms with van der Waals surface area (Å²) >= 11 is 3.65. The summed E-state index contributed by atoms with van der Waals surface area (Å²) in [4.78, 5) is 11.8. The first-order valence-corrected chi connectivity index (χ1v) is 7.66. The molecule has 1 atom stereocenters. The Hall–Kier alpha value is 0.420. The Morgan fingerprint density at radius 2 is 2.19 bits per heavy atom. The number of amides is 1. The largest absolute Gasteiger partial charge is 0.353 e. The first-order valence-electron chi connectivity index (χ1n) is 5.46. The number of nitrogens with two attached hydrogens (primary N) is 1. The molecule has 0 bridgehead atoms. The van der Waals surface area contributed by atoms with Crippen LogP contribution in [0, 0.1) is 0 Å². The normalized spacial score (nSPS) is 27.4. The lowest BCUT2D eigenvalue weighted by atomic mass is 9.78. The predicted molar refractivity (Wildman–Crippen MR) is 74.6 cm³/mol. The van der Waals surface area contributed by atoms with Crippen LogP contribution in [0.1, 0.15) is 19.3 Å². The topological polar surface area (TPSA) is 55.1 Å². The van der Waals surface area contributed by atoms with E-state index in [1.54, 1.807) is 11.8 Å². The molecule has 94 valence electrons. The van der Waals surface area contributed by atoms with Gasteiger partial charge in [-0.25, -0.2) is 0 Å². The van der Waals surface area contributed by atoms with Gasteiger partial charge in [0.15, 0.2) is 0 Å². The highest BCUT2D eigenvalue weighted by atomic mass is 35.5. The Kier molecular flexibility index (Phi) is 5.77. The molecule has 2 aliphatic rings. The number of hydrogen-bond acceptors (Lipinski definition) is 4. The van der Waals surface area contributed by atoms with Crippen molar-refractivity contribution in [2.45, 2.75) is 30.1 Å². The molecule has 0 radical (unpaired) electrons. The van der Waals surface area contributed by atoms with E-state index >= 15 is 0 Å². The Morgan fingerprint density at radius 3 is 2.69 bits per heavy atom. The summed E-state index contributed by atoms with van der Waals surface area (Å²) in [6.45, 7) is 0.660. The van der Waals surface area contributed by atoms with E-state index in [4.69, 9.17) is 5.73 Å². The van der Waals surface area contributed by atoms with Gasteiger partial charge in [-0.3, -0.25) is 4.79 Å². The van der Waals surface area contributed by atoms with Crippen molar-refractivity contribution in [1.29, 1.82) is 0 Å². The van der Waals surface area contributed by atoms with Crippen LogP contribution in [-0.4, -0.2) is 40.5 Å². The van der Waals surface area contributed by atoms with Gasteiger partial charge in [0.1, 0.15) is 0 Å². The van der Waals surface area contributed by atoms with Gasteiger partial charge < -0.3 is 11.1 Å². The first kappa shape index (κ1) is 14.5.